The molecule has 0 aromatic heterocycles. The van der Waals surface area contributed by atoms with Crippen molar-refractivity contribution in [3.05, 3.63) is 23.8 Å². The van der Waals surface area contributed by atoms with E-state index in [1.807, 2.05) is 0 Å². The maximum absolute atomic E-state index is 12.3. The van der Waals surface area contributed by atoms with Crippen molar-refractivity contribution in [1.29, 1.82) is 0 Å². The minimum absolute atomic E-state index is 0.167. The summed E-state index contributed by atoms with van der Waals surface area (Å²) in [6.45, 7) is 4.23. The maximum atomic E-state index is 12.3. The molecular weight excluding hydrogens is 239 g/mol. The lowest BCUT2D eigenvalue weighted by Crippen LogP contribution is -2.02. The topological polar surface area (TPSA) is 87.6 Å². The third kappa shape index (κ3) is 4.04. The van der Waals surface area contributed by atoms with Crippen molar-refractivity contribution in [2.24, 2.45) is 0 Å². The number of anilines is 2. The molecule has 96 valence electrons. The molecule has 1 aromatic rings. The second-order valence-electron chi connectivity index (χ2n) is 3.56. The SMILES string of the molecule is CCOP(=O)(Cc1ccc(N)cc1N)OCC. The van der Waals surface area contributed by atoms with Crippen LogP contribution in [0, 0.1) is 0 Å². The normalized spacial score (nSPS) is 11.6. The Balaban J connectivity index is 2.89. The molecule has 0 aliphatic carbocycles. The molecule has 1 aromatic carbocycles. The van der Waals surface area contributed by atoms with Gasteiger partial charge in [0.15, 0.2) is 0 Å². The molecule has 0 saturated carbocycles. The van der Waals surface area contributed by atoms with Crippen LogP contribution >= 0.6 is 7.60 Å². The number of nitrogens with two attached hydrogens (primary N) is 2. The lowest BCUT2D eigenvalue weighted by atomic mass is 10.2. The van der Waals surface area contributed by atoms with Crippen molar-refractivity contribution in [1.82, 2.24) is 0 Å². The maximum Gasteiger partial charge on any atom is 0.335 e. The molecule has 0 amide bonds. The van der Waals surface area contributed by atoms with Crippen LogP contribution < -0.4 is 11.5 Å². The van der Waals surface area contributed by atoms with Gasteiger partial charge in [0.05, 0.1) is 19.4 Å². The highest BCUT2D eigenvalue weighted by Crippen LogP contribution is 2.52. The minimum atomic E-state index is -3.10. The quantitative estimate of drug-likeness (QED) is 0.605. The summed E-state index contributed by atoms with van der Waals surface area (Å²) in [7, 11) is -3.10. The first-order valence-corrected chi connectivity index (χ1v) is 7.25. The van der Waals surface area contributed by atoms with Gasteiger partial charge in [-0.1, -0.05) is 6.07 Å². The number of hydrogen-bond acceptors (Lipinski definition) is 5. The molecule has 0 bridgehead atoms. The summed E-state index contributed by atoms with van der Waals surface area (Å²) in [4.78, 5) is 0. The van der Waals surface area contributed by atoms with Crippen molar-refractivity contribution in [2.75, 3.05) is 24.7 Å². The predicted octanol–water partition coefficient (Wildman–Crippen LogP) is 2.62. The third-order valence-electron chi connectivity index (χ3n) is 2.19. The molecule has 17 heavy (non-hydrogen) atoms. The molecule has 0 spiro atoms. The minimum Gasteiger partial charge on any atom is -0.399 e. The van der Waals surface area contributed by atoms with Gasteiger partial charge in [0, 0.05) is 11.4 Å². The number of rotatable bonds is 6. The van der Waals surface area contributed by atoms with Gasteiger partial charge in [-0.15, -0.1) is 0 Å². The van der Waals surface area contributed by atoms with Crippen molar-refractivity contribution in [3.63, 3.8) is 0 Å². The third-order valence-corrected chi connectivity index (χ3v) is 4.22. The lowest BCUT2D eigenvalue weighted by Gasteiger charge is -2.17. The van der Waals surface area contributed by atoms with Crippen LogP contribution in [0.5, 0.6) is 0 Å². The van der Waals surface area contributed by atoms with Gasteiger partial charge in [0.2, 0.25) is 0 Å². The van der Waals surface area contributed by atoms with Crippen molar-refractivity contribution in [2.45, 2.75) is 20.0 Å². The summed E-state index contributed by atoms with van der Waals surface area (Å²) in [5.74, 6) is 0. The Bertz CT molecular complexity index is 413. The first-order valence-electron chi connectivity index (χ1n) is 5.52. The average molecular weight is 258 g/mol. The van der Waals surface area contributed by atoms with Crippen LogP contribution in [0.15, 0.2) is 18.2 Å². The zero-order valence-electron chi connectivity index (χ0n) is 10.2. The predicted molar refractivity (Wildman–Crippen MR) is 69.8 cm³/mol. The van der Waals surface area contributed by atoms with E-state index in [-0.39, 0.29) is 6.16 Å². The number of hydrogen-bond donors (Lipinski definition) is 2. The second kappa shape index (κ2) is 6.05. The van der Waals surface area contributed by atoms with Gasteiger partial charge in [-0.05, 0) is 31.5 Å². The Labute approximate surface area is 102 Å². The van der Waals surface area contributed by atoms with E-state index < -0.39 is 7.60 Å². The molecule has 1 rings (SSSR count). The summed E-state index contributed by atoms with van der Waals surface area (Å²) in [5, 5.41) is 0. The number of benzene rings is 1. The Hall–Kier alpha value is -1.03. The highest BCUT2D eigenvalue weighted by molar-refractivity contribution is 7.53. The van der Waals surface area contributed by atoms with Crippen molar-refractivity contribution >= 4 is 19.0 Å². The molecule has 0 aliphatic heterocycles. The second-order valence-corrected chi connectivity index (χ2v) is 5.62. The lowest BCUT2D eigenvalue weighted by molar-refractivity contribution is 0.219. The molecule has 0 saturated heterocycles. The average Bonchev–Trinajstić information content (AvgIpc) is 2.23. The monoisotopic (exact) mass is 258 g/mol. The van der Waals surface area contributed by atoms with Gasteiger partial charge >= 0.3 is 7.60 Å². The van der Waals surface area contributed by atoms with Gasteiger partial charge in [-0.25, -0.2) is 0 Å². The van der Waals surface area contributed by atoms with E-state index in [4.69, 9.17) is 20.5 Å². The molecule has 0 unspecified atom stereocenters. The van der Waals surface area contributed by atoms with Gasteiger partial charge in [0.1, 0.15) is 0 Å². The molecule has 0 fully saturated rings. The molecule has 0 radical (unpaired) electrons. The molecule has 0 aliphatic rings. The van der Waals surface area contributed by atoms with Crippen molar-refractivity contribution < 1.29 is 13.6 Å². The smallest absolute Gasteiger partial charge is 0.335 e. The highest BCUT2D eigenvalue weighted by Gasteiger charge is 2.24. The summed E-state index contributed by atoms with van der Waals surface area (Å²) in [6, 6.07) is 5.10. The Morgan fingerprint density at radius 3 is 2.24 bits per heavy atom. The van der Waals surface area contributed by atoms with E-state index in [0.717, 1.165) is 5.56 Å². The van der Waals surface area contributed by atoms with E-state index in [0.29, 0.717) is 24.6 Å². The van der Waals surface area contributed by atoms with Gasteiger partial charge in [0.25, 0.3) is 0 Å². The van der Waals surface area contributed by atoms with Gasteiger partial charge in [-0.3, -0.25) is 4.57 Å². The van der Waals surface area contributed by atoms with Crippen molar-refractivity contribution in [3.8, 4) is 0 Å². The van der Waals surface area contributed by atoms with E-state index in [1.165, 1.54) is 0 Å². The Kier molecular flexibility index (Phi) is 5.00. The Morgan fingerprint density at radius 2 is 1.76 bits per heavy atom. The summed E-state index contributed by atoms with van der Waals surface area (Å²) in [5.41, 5.74) is 13.2. The van der Waals surface area contributed by atoms with E-state index in [1.54, 1.807) is 32.0 Å². The fourth-order valence-electron chi connectivity index (χ4n) is 1.49. The van der Waals surface area contributed by atoms with Crippen LogP contribution in [0.4, 0.5) is 11.4 Å². The fraction of sp³-hybridized carbons (Fsp3) is 0.455. The van der Waals surface area contributed by atoms with Crippen LogP contribution in [-0.4, -0.2) is 13.2 Å². The summed E-state index contributed by atoms with van der Waals surface area (Å²) >= 11 is 0. The first-order chi connectivity index (χ1) is 8.00. The van der Waals surface area contributed by atoms with Crippen LogP contribution in [-0.2, 0) is 19.8 Å². The Morgan fingerprint density at radius 1 is 1.18 bits per heavy atom. The molecule has 6 heteroatoms. The van der Waals surface area contributed by atoms with Crippen LogP contribution in [0.1, 0.15) is 19.4 Å². The fourth-order valence-corrected chi connectivity index (χ4v) is 3.24. The van der Waals surface area contributed by atoms with E-state index in [9.17, 15) is 4.57 Å². The first kappa shape index (κ1) is 14.0. The standard InChI is InChI=1S/C11H19N2O3P/c1-3-15-17(14,16-4-2)8-9-5-6-10(12)7-11(9)13/h5-7H,3-4,8,12-13H2,1-2H3. The van der Waals surface area contributed by atoms with E-state index >= 15 is 0 Å². The zero-order chi connectivity index (χ0) is 12.9. The summed E-state index contributed by atoms with van der Waals surface area (Å²) < 4.78 is 22.7. The summed E-state index contributed by atoms with van der Waals surface area (Å²) in [6.07, 6.45) is 0.167. The highest BCUT2D eigenvalue weighted by atomic mass is 31.2. The molecule has 0 atom stereocenters. The van der Waals surface area contributed by atoms with E-state index in [2.05, 4.69) is 0 Å². The largest absolute Gasteiger partial charge is 0.399 e. The molecule has 0 heterocycles. The molecule has 5 nitrogen and oxygen atoms in total. The van der Waals surface area contributed by atoms with Crippen LogP contribution in [0.3, 0.4) is 0 Å². The van der Waals surface area contributed by atoms with Crippen LogP contribution in [0.25, 0.3) is 0 Å². The van der Waals surface area contributed by atoms with Gasteiger partial charge < -0.3 is 20.5 Å². The zero-order valence-corrected chi connectivity index (χ0v) is 11.1. The van der Waals surface area contributed by atoms with Gasteiger partial charge in [-0.2, -0.15) is 0 Å². The number of nitrogen functional groups attached to an aromatic ring is 2. The van der Waals surface area contributed by atoms with Crippen LogP contribution in [0.2, 0.25) is 0 Å². The molecule has 4 N–H and O–H groups in total. The molecular formula is C11H19N2O3P.